The Hall–Kier alpha value is -2.73. The molecule has 0 bridgehead atoms. The molecular formula is C24H30FN3O2. The molecule has 0 unspecified atom stereocenters. The Kier molecular flexibility index (Phi) is 7.57. The van der Waals surface area contributed by atoms with Crippen molar-refractivity contribution in [3.63, 3.8) is 0 Å². The minimum absolute atomic E-state index is 0.0654. The second kappa shape index (κ2) is 10.3. The molecule has 1 aliphatic rings. The quantitative estimate of drug-likeness (QED) is 0.718. The molecule has 1 aliphatic heterocycles. The van der Waals surface area contributed by atoms with Crippen LogP contribution in [-0.2, 0) is 11.3 Å². The van der Waals surface area contributed by atoms with E-state index in [0.29, 0.717) is 36.2 Å². The van der Waals surface area contributed by atoms with Crippen molar-refractivity contribution in [3.8, 4) is 0 Å². The zero-order valence-corrected chi connectivity index (χ0v) is 17.7. The highest BCUT2D eigenvalue weighted by atomic mass is 19.1. The van der Waals surface area contributed by atoms with Crippen molar-refractivity contribution >= 4 is 17.5 Å². The fraction of sp³-hybridized carbons (Fsp3) is 0.417. The standard InChI is InChI=1S/C24H30FN3O2/c1-3-17(2)26-24(30)20-9-5-7-11-22(20)27-23(29)18-12-14-28(15-13-18)16-19-8-4-6-10-21(19)25/h4-11,17-18H,3,12-16H2,1-2H3,(H,26,30)(H,27,29)/t17-/m0/s1. The first-order valence-corrected chi connectivity index (χ1v) is 10.6. The van der Waals surface area contributed by atoms with Gasteiger partial charge in [0.25, 0.3) is 5.91 Å². The number of rotatable bonds is 7. The third-order valence-corrected chi connectivity index (χ3v) is 5.73. The number of nitrogens with zero attached hydrogens (tertiary/aromatic N) is 1. The number of hydrogen-bond acceptors (Lipinski definition) is 3. The summed E-state index contributed by atoms with van der Waals surface area (Å²) in [4.78, 5) is 27.5. The smallest absolute Gasteiger partial charge is 0.253 e. The molecule has 0 aromatic heterocycles. The van der Waals surface area contributed by atoms with Crippen molar-refractivity contribution < 1.29 is 14.0 Å². The number of carbonyl (C=O) groups excluding carboxylic acids is 2. The highest BCUT2D eigenvalue weighted by Crippen LogP contribution is 2.23. The Morgan fingerprint density at radius 3 is 2.47 bits per heavy atom. The second-order valence-electron chi connectivity index (χ2n) is 7.96. The van der Waals surface area contributed by atoms with Gasteiger partial charge in [-0.1, -0.05) is 37.3 Å². The predicted octanol–water partition coefficient (Wildman–Crippen LogP) is 4.20. The Labute approximate surface area is 177 Å². The Morgan fingerprint density at radius 1 is 1.10 bits per heavy atom. The molecule has 2 aromatic carbocycles. The van der Waals surface area contributed by atoms with Gasteiger partial charge in [0.15, 0.2) is 0 Å². The number of benzene rings is 2. The lowest BCUT2D eigenvalue weighted by atomic mass is 9.95. The van der Waals surface area contributed by atoms with E-state index in [2.05, 4.69) is 15.5 Å². The number of piperidine rings is 1. The van der Waals surface area contributed by atoms with Crippen molar-refractivity contribution in [3.05, 3.63) is 65.5 Å². The number of likely N-dealkylation sites (tertiary alicyclic amines) is 1. The van der Waals surface area contributed by atoms with Crippen LogP contribution in [0.2, 0.25) is 0 Å². The van der Waals surface area contributed by atoms with E-state index in [-0.39, 0.29) is 29.6 Å². The van der Waals surface area contributed by atoms with Gasteiger partial charge >= 0.3 is 0 Å². The lowest BCUT2D eigenvalue weighted by molar-refractivity contribution is -0.121. The van der Waals surface area contributed by atoms with Gasteiger partial charge in [0.2, 0.25) is 5.91 Å². The fourth-order valence-electron chi connectivity index (χ4n) is 3.65. The fourth-order valence-corrected chi connectivity index (χ4v) is 3.65. The van der Waals surface area contributed by atoms with Gasteiger partial charge in [0.05, 0.1) is 11.3 Å². The number of anilines is 1. The maximum atomic E-state index is 13.9. The summed E-state index contributed by atoms with van der Waals surface area (Å²) < 4.78 is 13.9. The Bertz CT molecular complexity index is 878. The molecule has 0 saturated carbocycles. The first kappa shape index (κ1) is 22.0. The minimum Gasteiger partial charge on any atom is -0.350 e. The minimum atomic E-state index is -0.190. The molecule has 30 heavy (non-hydrogen) atoms. The maximum absolute atomic E-state index is 13.9. The summed E-state index contributed by atoms with van der Waals surface area (Å²) in [6.45, 7) is 6.00. The van der Waals surface area contributed by atoms with Crippen molar-refractivity contribution in [2.24, 2.45) is 5.92 Å². The normalized spacial score (nSPS) is 16.1. The number of hydrogen-bond donors (Lipinski definition) is 2. The van der Waals surface area contributed by atoms with Crippen LogP contribution < -0.4 is 10.6 Å². The number of nitrogens with one attached hydrogen (secondary N) is 2. The van der Waals surface area contributed by atoms with Crippen molar-refractivity contribution in [2.45, 2.75) is 45.7 Å². The highest BCUT2D eigenvalue weighted by molar-refractivity contribution is 6.04. The summed E-state index contributed by atoms with van der Waals surface area (Å²) >= 11 is 0. The van der Waals surface area contributed by atoms with Crippen molar-refractivity contribution in [1.82, 2.24) is 10.2 Å². The van der Waals surface area contributed by atoms with Gasteiger partial charge in [-0.05, 0) is 57.5 Å². The van der Waals surface area contributed by atoms with E-state index in [9.17, 15) is 14.0 Å². The van der Waals surface area contributed by atoms with Crippen LogP contribution in [0.4, 0.5) is 10.1 Å². The zero-order chi connectivity index (χ0) is 21.5. The molecule has 1 saturated heterocycles. The second-order valence-corrected chi connectivity index (χ2v) is 7.96. The molecular weight excluding hydrogens is 381 g/mol. The van der Waals surface area contributed by atoms with Gasteiger partial charge in [0, 0.05) is 24.1 Å². The molecule has 2 N–H and O–H groups in total. The summed E-state index contributed by atoms with van der Waals surface area (Å²) in [5.41, 5.74) is 1.70. The van der Waals surface area contributed by atoms with E-state index >= 15 is 0 Å². The topological polar surface area (TPSA) is 61.4 Å². The predicted molar refractivity (Wildman–Crippen MR) is 117 cm³/mol. The maximum Gasteiger partial charge on any atom is 0.253 e. The van der Waals surface area contributed by atoms with E-state index in [1.54, 1.807) is 30.3 Å². The molecule has 1 atom stereocenters. The van der Waals surface area contributed by atoms with E-state index in [4.69, 9.17) is 0 Å². The van der Waals surface area contributed by atoms with Gasteiger partial charge in [-0.3, -0.25) is 14.5 Å². The molecule has 0 radical (unpaired) electrons. The van der Waals surface area contributed by atoms with Crippen LogP contribution in [0.3, 0.4) is 0 Å². The molecule has 6 heteroatoms. The summed E-state index contributed by atoms with van der Waals surface area (Å²) in [5.74, 6) is -0.554. The number of halogens is 1. The van der Waals surface area contributed by atoms with Crippen LogP contribution in [-0.4, -0.2) is 35.8 Å². The largest absolute Gasteiger partial charge is 0.350 e. The molecule has 5 nitrogen and oxygen atoms in total. The SMILES string of the molecule is CC[C@H](C)NC(=O)c1ccccc1NC(=O)C1CCN(Cc2ccccc2F)CC1. The van der Waals surface area contributed by atoms with Gasteiger partial charge in [-0.2, -0.15) is 0 Å². The molecule has 2 amide bonds. The van der Waals surface area contributed by atoms with E-state index in [1.165, 1.54) is 6.07 Å². The number of para-hydroxylation sites is 1. The monoisotopic (exact) mass is 411 g/mol. The molecule has 3 rings (SSSR count). The zero-order valence-electron chi connectivity index (χ0n) is 17.7. The molecule has 0 spiro atoms. The Balaban J connectivity index is 1.56. The summed E-state index contributed by atoms with van der Waals surface area (Å²) in [6.07, 6.45) is 2.26. The third-order valence-electron chi connectivity index (χ3n) is 5.73. The summed E-state index contributed by atoms with van der Waals surface area (Å²) in [6, 6.07) is 14.0. The van der Waals surface area contributed by atoms with Crippen molar-refractivity contribution in [1.29, 1.82) is 0 Å². The van der Waals surface area contributed by atoms with Gasteiger partial charge in [0.1, 0.15) is 5.82 Å². The molecule has 1 fully saturated rings. The first-order chi connectivity index (χ1) is 14.5. The lowest BCUT2D eigenvalue weighted by Crippen LogP contribution is -2.38. The molecule has 1 heterocycles. The number of carbonyl (C=O) groups is 2. The van der Waals surface area contributed by atoms with Crippen LogP contribution in [0.25, 0.3) is 0 Å². The van der Waals surface area contributed by atoms with E-state index in [0.717, 1.165) is 19.5 Å². The lowest BCUT2D eigenvalue weighted by Gasteiger charge is -2.31. The van der Waals surface area contributed by atoms with Crippen molar-refractivity contribution in [2.75, 3.05) is 18.4 Å². The third kappa shape index (κ3) is 5.66. The summed E-state index contributed by atoms with van der Waals surface area (Å²) in [5, 5.41) is 5.89. The van der Waals surface area contributed by atoms with Crippen LogP contribution in [0, 0.1) is 11.7 Å². The average molecular weight is 412 g/mol. The van der Waals surface area contributed by atoms with Crippen LogP contribution in [0.5, 0.6) is 0 Å². The highest BCUT2D eigenvalue weighted by Gasteiger charge is 2.26. The first-order valence-electron chi connectivity index (χ1n) is 10.6. The van der Waals surface area contributed by atoms with E-state index < -0.39 is 0 Å². The molecule has 160 valence electrons. The Morgan fingerprint density at radius 2 is 1.77 bits per heavy atom. The van der Waals surface area contributed by atoms with E-state index in [1.807, 2.05) is 26.0 Å². The molecule has 2 aromatic rings. The number of amides is 2. The van der Waals surface area contributed by atoms with Gasteiger partial charge in [-0.15, -0.1) is 0 Å². The van der Waals surface area contributed by atoms with Gasteiger partial charge < -0.3 is 10.6 Å². The van der Waals surface area contributed by atoms with Crippen LogP contribution in [0.1, 0.15) is 49.0 Å². The average Bonchev–Trinajstić information content (AvgIpc) is 2.76. The summed E-state index contributed by atoms with van der Waals surface area (Å²) in [7, 11) is 0. The van der Waals surface area contributed by atoms with Crippen LogP contribution >= 0.6 is 0 Å². The van der Waals surface area contributed by atoms with Gasteiger partial charge in [-0.25, -0.2) is 4.39 Å². The molecule has 0 aliphatic carbocycles. The van der Waals surface area contributed by atoms with Crippen LogP contribution in [0.15, 0.2) is 48.5 Å².